The number of Topliss-reactive ketones (excluding diaryl/α,β-unsaturated/α-hetero) is 1. The third-order valence-corrected chi connectivity index (χ3v) is 4.65. The van der Waals surface area contributed by atoms with Gasteiger partial charge in [-0.15, -0.1) is 0 Å². The van der Waals surface area contributed by atoms with Crippen molar-refractivity contribution in [1.29, 1.82) is 0 Å². The molecule has 1 saturated carbocycles. The standard InChI is InChI=1S/C23H25NO2/c1-23(2)14-19(24-16-18-11-7-4-8-12-18)22(21(26)15-23)20(25)13-17-9-5-3-6-10-17/h3-12,25H,13-16H2,1-2H3/b22-20+,24-19?. The summed E-state index contributed by atoms with van der Waals surface area (Å²) in [6.07, 6.45) is 1.48. The highest BCUT2D eigenvalue weighted by Gasteiger charge is 2.36. The monoisotopic (exact) mass is 347 g/mol. The van der Waals surface area contributed by atoms with Crippen LogP contribution in [-0.2, 0) is 17.8 Å². The lowest BCUT2D eigenvalue weighted by Crippen LogP contribution is -2.33. The Bertz CT molecular complexity index is 833. The molecule has 1 fully saturated rings. The minimum absolute atomic E-state index is 0.0125. The number of hydrogen-bond donors (Lipinski definition) is 1. The van der Waals surface area contributed by atoms with Gasteiger partial charge in [0.1, 0.15) is 5.76 Å². The summed E-state index contributed by atoms with van der Waals surface area (Å²) < 4.78 is 0. The van der Waals surface area contributed by atoms with Crippen LogP contribution in [0.5, 0.6) is 0 Å². The molecule has 0 unspecified atom stereocenters. The van der Waals surface area contributed by atoms with Crippen LogP contribution in [0.25, 0.3) is 0 Å². The number of aliphatic hydroxyl groups is 1. The lowest BCUT2D eigenvalue weighted by molar-refractivity contribution is -0.117. The smallest absolute Gasteiger partial charge is 0.168 e. The maximum atomic E-state index is 12.8. The van der Waals surface area contributed by atoms with Crippen LogP contribution >= 0.6 is 0 Å². The number of ketones is 1. The van der Waals surface area contributed by atoms with Crippen LogP contribution in [0, 0.1) is 5.41 Å². The fourth-order valence-electron chi connectivity index (χ4n) is 3.40. The normalized spacial score (nSPS) is 20.2. The lowest BCUT2D eigenvalue weighted by Gasteiger charge is -2.31. The number of aliphatic imine (C=N–C) groups is 1. The lowest BCUT2D eigenvalue weighted by atomic mass is 9.73. The van der Waals surface area contributed by atoms with Crippen molar-refractivity contribution in [3.05, 3.63) is 83.1 Å². The molecule has 0 amide bonds. The van der Waals surface area contributed by atoms with Gasteiger partial charge >= 0.3 is 0 Å². The molecule has 0 radical (unpaired) electrons. The zero-order valence-corrected chi connectivity index (χ0v) is 15.4. The van der Waals surface area contributed by atoms with Gasteiger partial charge in [0.15, 0.2) is 5.78 Å². The summed E-state index contributed by atoms with van der Waals surface area (Å²) in [6, 6.07) is 19.7. The molecule has 3 nitrogen and oxygen atoms in total. The van der Waals surface area contributed by atoms with Gasteiger partial charge < -0.3 is 5.11 Å². The van der Waals surface area contributed by atoms with Gasteiger partial charge in [-0.3, -0.25) is 9.79 Å². The number of hydrogen-bond acceptors (Lipinski definition) is 3. The van der Waals surface area contributed by atoms with Crippen molar-refractivity contribution in [2.75, 3.05) is 0 Å². The van der Waals surface area contributed by atoms with Crippen LogP contribution in [-0.4, -0.2) is 16.6 Å². The maximum absolute atomic E-state index is 12.8. The summed E-state index contributed by atoms with van der Waals surface area (Å²) in [5.74, 6) is 0.116. The molecule has 0 atom stereocenters. The average Bonchev–Trinajstić information content (AvgIpc) is 2.60. The largest absolute Gasteiger partial charge is 0.511 e. The van der Waals surface area contributed by atoms with Gasteiger partial charge in [-0.25, -0.2) is 0 Å². The topological polar surface area (TPSA) is 49.7 Å². The summed E-state index contributed by atoms with van der Waals surface area (Å²) in [7, 11) is 0. The van der Waals surface area contributed by atoms with E-state index >= 15 is 0 Å². The molecule has 0 bridgehead atoms. The van der Waals surface area contributed by atoms with Crippen molar-refractivity contribution < 1.29 is 9.90 Å². The number of carbonyl (C=O) groups is 1. The minimum atomic E-state index is -0.136. The molecule has 1 N–H and O–H groups in total. The van der Waals surface area contributed by atoms with Crippen molar-refractivity contribution in [3.63, 3.8) is 0 Å². The van der Waals surface area contributed by atoms with E-state index in [1.165, 1.54) is 0 Å². The molecule has 0 saturated heterocycles. The van der Waals surface area contributed by atoms with Gasteiger partial charge in [0.2, 0.25) is 0 Å². The van der Waals surface area contributed by atoms with E-state index in [0.717, 1.165) is 16.8 Å². The maximum Gasteiger partial charge on any atom is 0.168 e. The summed E-state index contributed by atoms with van der Waals surface area (Å²) in [4.78, 5) is 17.5. The predicted octanol–water partition coefficient (Wildman–Crippen LogP) is 5.07. The molecule has 26 heavy (non-hydrogen) atoms. The van der Waals surface area contributed by atoms with Gasteiger partial charge in [-0.1, -0.05) is 74.5 Å². The third-order valence-electron chi connectivity index (χ3n) is 4.65. The van der Waals surface area contributed by atoms with E-state index in [2.05, 4.69) is 13.8 Å². The Balaban J connectivity index is 1.93. The Morgan fingerprint density at radius 2 is 1.54 bits per heavy atom. The van der Waals surface area contributed by atoms with E-state index in [-0.39, 0.29) is 17.0 Å². The average molecular weight is 347 g/mol. The molecule has 2 aromatic rings. The van der Waals surface area contributed by atoms with Crippen LogP contribution in [0.4, 0.5) is 0 Å². The van der Waals surface area contributed by atoms with E-state index in [0.29, 0.717) is 31.4 Å². The second kappa shape index (κ2) is 7.69. The molecule has 2 aromatic carbocycles. The van der Waals surface area contributed by atoms with Crippen molar-refractivity contribution in [1.82, 2.24) is 0 Å². The van der Waals surface area contributed by atoms with Crippen molar-refractivity contribution >= 4 is 11.5 Å². The summed E-state index contributed by atoms with van der Waals surface area (Å²) in [5, 5.41) is 10.7. The van der Waals surface area contributed by atoms with E-state index in [9.17, 15) is 9.90 Å². The molecule has 0 aliphatic heterocycles. The second-order valence-corrected chi connectivity index (χ2v) is 7.67. The first-order chi connectivity index (χ1) is 12.4. The molecule has 1 aliphatic carbocycles. The van der Waals surface area contributed by atoms with Gasteiger partial charge in [-0.05, 0) is 23.0 Å². The fraction of sp³-hybridized carbons (Fsp3) is 0.304. The van der Waals surface area contributed by atoms with E-state index in [1.807, 2.05) is 60.7 Å². The number of rotatable bonds is 4. The van der Waals surface area contributed by atoms with Crippen molar-refractivity contribution in [2.45, 2.75) is 39.7 Å². The minimum Gasteiger partial charge on any atom is -0.511 e. The number of nitrogens with zero attached hydrogens (tertiary/aromatic N) is 1. The quantitative estimate of drug-likeness (QED) is 0.620. The molecule has 0 heterocycles. The van der Waals surface area contributed by atoms with Gasteiger partial charge in [-0.2, -0.15) is 0 Å². The Morgan fingerprint density at radius 1 is 0.962 bits per heavy atom. The number of allylic oxidation sites excluding steroid dienone is 2. The van der Waals surface area contributed by atoms with Crippen LogP contribution < -0.4 is 0 Å². The van der Waals surface area contributed by atoms with Crippen LogP contribution in [0.2, 0.25) is 0 Å². The molecule has 3 heteroatoms. The molecule has 3 rings (SSSR count). The summed E-state index contributed by atoms with van der Waals surface area (Å²) in [5.41, 5.74) is 3.09. The van der Waals surface area contributed by atoms with Crippen molar-refractivity contribution in [3.8, 4) is 0 Å². The zero-order chi connectivity index (χ0) is 18.6. The molecule has 0 aromatic heterocycles. The first-order valence-corrected chi connectivity index (χ1v) is 9.01. The van der Waals surface area contributed by atoms with Gasteiger partial charge in [0.25, 0.3) is 0 Å². The fourth-order valence-corrected chi connectivity index (χ4v) is 3.40. The molecule has 0 spiro atoms. The third kappa shape index (κ3) is 4.48. The Kier molecular flexibility index (Phi) is 5.36. The Labute approximate surface area is 155 Å². The molecular weight excluding hydrogens is 322 g/mol. The predicted molar refractivity (Wildman–Crippen MR) is 105 cm³/mol. The first-order valence-electron chi connectivity index (χ1n) is 9.01. The highest BCUT2D eigenvalue weighted by molar-refractivity contribution is 6.24. The highest BCUT2D eigenvalue weighted by Crippen LogP contribution is 2.35. The molecule has 134 valence electrons. The molecular formula is C23H25NO2. The van der Waals surface area contributed by atoms with Crippen LogP contribution in [0.1, 0.15) is 37.8 Å². The first kappa shape index (κ1) is 18.1. The Morgan fingerprint density at radius 3 is 2.15 bits per heavy atom. The summed E-state index contributed by atoms with van der Waals surface area (Å²) in [6.45, 7) is 4.67. The highest BCUT2D eigenvalue weighted by atomic mass is 16.3. The molecule has 1 aliphatic rings. The van der Waals surface area contributed by atoms with Crippen LogP contribution in [0.3, 0.4) is 0 Å². The number of benzene rings is 2. The second-order valence-electron chi connectivity index (χ2n) is 7.67. The van der Waals surface area contributed by atoms with Gasteiger partial charge in [0, 0.05) is 18.6 Å². The van der Waals surface area contributed by atoms with E-state index < -0.39 is 0 Å². The zero-order valence-electron chi connectivity index (χ0n) is 15.4. The van der Waals surface area contributed by atoms with E-state index in [4.69, 9.17) is 4.99 Å². The Hall–Kier alpha value is -2.68. The van der Waals surface area contributed by atoms with Gasteiger partial charge in [0.05, 0.1) is 12.1 Å². The summed E-state index contributed by atoms with van der Waals surface area (Å²) >= 11 is 0. The number of aliphatic hydroxyl groups excluding tert-OH is 1. The number of carbonyl (C=O) groups excluding carboxylic acids is 1. The van der Waals surface area contributed by atoms with Crippen LogP contribution in [0.15, 0.2) is 77.0 Å². The van der Waals surface area contributed by atoms with Crippen molar-refractivity contribution in [2.24, 2.45) is 10.4 Å². The SMILES string of the molecule is CC1(C)CC(=O)/C(=C(/O)Cc2ccccc2)C(=NCc2ccccc2)C1. The van der Waals surface area contributed by atoms with E-state index in [1.54, 1.807) is 0 Å².